The summed E-state index contributed by atoms with van der Waals surface area (Å²) in [5.74, 6) is -0.402. The standard InChI is InChI=1S/C8H12O4.2H3N/c9-7-3-1-2-4-8(10)12-6-5-11-7;;/h1-6H2;2*1H3. The number of rotatable bonds is 0. The van der Waals surface area contributed by atoms with E-state index in [1.165, 1.54) is 0 Å². The lowest BCUT2D eigenvalue weighted by molar-refractivity contribution is -0.153. The van der Waals surface area contributed by atoms with Crippen molar-refractivity contribution in [2.24, 2.45) is 0 Å². The highest BCUT2D eigenvalue weighted by Crippen LogP contribution is 2.04. The number of cyclic esters (lactones) is 2. The fourth-order valence-electron chi connectivity index (χ4n) is 0.994. The van der Waals surface area contributed by atoms with E-state index >= 15 is 0 Å². The van der Waals surface area contributed by atoms with E-state index in [0.29, 0.717) is 25.7 Å². The first kappa shape index (κ1) is 15.3. The van der Waals surface area contributed by atoms with Crippen LogP contribution in [0.4, 0.5) is 0 Å². The minimum Gasteiger partial charge on any atom is -0.462 e. The molecule has 0 bridgehead atoms. The molecule has 0 aromatic rings. The number of ether oxygens (including phenoxy) is 2. The van der Waals surface area contributed by atoms with E-state index in [1.807, 2.05) is 0 Å². The summed E-state index contributed by atoms with van der Waals surface area (Å²) in [6.07, 6.45) is 2.22. The van der Waals surface area contributed by atoms with Gasteiger partial charge in [-0.1, -0.05) is 0 Å². The maximum absolute atomic E-state index is 10.8. The molecule has 0 aliphatic carbocycles. The van der Waals surface area contributed by atoms with Gasteiger partial charge in [-0.2, -0.15) is 0 Å². The maximum Gasteiger partial charge on any atom is 0.305 e. The maximum atomic E-state index is 10.8. The van der Waals surface area contributed by atoms with Crippen molar-refractivity contribution in [2.45, 2.75) is 25.7 Å². The van der Waals surface area contributed by atoms with Crippen LogP contribution in [-0.2, 0) is 19.1 Å². The van der Waals surface area contributed by atoms with Crippen molar-refractivity contribution in [1.29, 1.82) is 0 Å². The molecule has 0 aromatic heterocycles. The van der Waals surface area contributed by atoms with Crippen LogP contribution in [0.1, 0.15) is 25.7 Å². The summed E-state index contributed by atoms with van der Waals surface area (Å²) >= 11 is 0. The number of carbonyl (C=O) groups is 2. The summed E-state index contributed by atoms with van der Waals surface area (Å²) < 4.78 is 9.50. The van der Waals surface area contributed by atoms with Crippen molar-refractivity contribution < 1.29 is 19.1 Å². The van der Waals surface area contributed by atoms with Crippen molar-refractivity contribution >= 4 is 11.9 Å². The molecule has 1 rings (SSSR count). The molecule has 1 aliphatic rings. The van der Waals surface area contributed by atoms with Crippen molar-refractivity contribution in [1.82, 2.24) is 12.3 Å². The predicted molar refractivity (Wildman–Crippen MR) is 50.4 cm³/mol. The van der Waals surface area contributed by atoms with Gasteiger partial charge < -0.3 is 21.8 Å². The van der Waals surface area contributed by atoms with Gasteiger partial charge in [-0.25, -0.2) is 0 Å². The molecule has 1 fully saturated rings. The van der Waals surface area contributed by atoms with Crippen LogP contribution in [-0.4, -0.2) is 25.2 Å². The summed E-state index contributed by atoms with van der Waals surface area (Å²) in [5.41, 5.74) is 0. The predicted octanol–water partition coefficient (Wildman–Crippen LogP) is 0.971. The molecule has 6 heteroatoms. The molecule has 1 heterocycles. The van der Waals surface area contributed by atoms with Crippen LogP contribution in [0.3, 0.4) is 0 Å². The van der Waals surface area contributed by atoms with Crippen molar-refractivity contribution in [2.75, 3.05) is 13.2 Å². The highest BCUT2D eigenvalue weighted by molar-refractivity contribution is 5.71. The first-order valence-corrected chi connectivity index (χ1v) is 4.10. The van der Waals surface area contributed by atoms with Gasteiger partial charge in [-0.15, -0.1) is 0 Å². The van der Waals surface area contributed by atoms with Gasteiger partial charge in [0.15, 0.2) is 0 Å². The average molecular weight is 206 g/mol. The Balaban J connectivity index is 0. The lowest BCUT2D eigenvalue weighted by Gasteiger charge is -2.08. The molecule has 1 saturated heterocycles. The van der Waals surface area contributed by atoms with Gasteiger partial charge in [0.05, 0.1) is 0 Å². The minimum atomic E-state index is -0.201. The lowest BCUT2D eigenvalue weighted by Crippen LogP contribution is -2.15. The monoisotopic (exact) mass is 206 g/mol. The molecule has 6 N–H and O–H groups in total. The fraction of sp³-hybridized carbons (Fsp3) is 0.750. The van der Waals surface area contributed by atoms with Crippen molar-refractivity contribution in [3.05, 3.63) is 0 Å². The third-order valence-corrected chi connectivity index (χ3v) is 1.62. The highest BCUT2D eigenvalue weighted by Gasteiger charge is 2.08. The Labute approximate surface area is 83.1 Å². The summed E-state index contributed by atoms with van der Waals surface area (Å²) in [7, 11) is 0. The Kier molecular flexibility index (Phi) is 9.27. The first-order valence-electron chi connectivity index (χ1n) is 4.10. The van der Waals surface area contributed by atoms with Gasteiger partial charge in [-0.3, -0.25) is 9.59 Å². The zero-order valence-electron chi connectivity index (χ0n) is 8.29. The zero-order valence-corrected chi connectivity index (χ0v) is 8.29. The second kappa shape index (κ2) is 8.46. The molecule has 0 unspecified atom stereocenters. The third kappa shape index (κ3) is 6.38. The smallest absolute Gasteiger partial charge is 0.305 e. The van der Waals surface area contributed by atoms with E-state index in [2.05, 4.69) is 0 Å². The molecule has 0 atom stereocenters. The molecule has 84 valence electrons. The van der Waals surface area contributed by atoms with Crippen LogP contribution >= 0.6 is 0 Å². The van der Waals surface area contributed by atoms with E-state index in [0.717, 1.165) is 0 Å². The van der Waals surface area contributed by atoms with E-state index in [9.17, 15) is 9.59 Å². The van der Waals surface area contributed by atoms with E-state index in [1.54, 1.807) is 0 Å². The first-order chi connectivity index (χ1) is 5.79. The molecule has 1 aliphatic heterocycles. The van der Waals surface area contributed by atoms with Crippen molar-refractivity contribution in [3.63, 3.8) is 0 Å². The van der Waals surface area contributed by atoms with Crippen LogP contribution in [0.2, 0.25) is 0 Å². The van der Waals surface area contributed by atoms with E-state index in [-0.39, 0.29) is 37.5 Å². The molecule has 0 amide bonds. The van der Waals surface area contributed by atoms with Gasteiger partial charge >= 0.3 is 11.9 Å². The van der Waals surface area contributed by atoms with Crippen LogP contribution in [0.25, 0.3) is 0 Å². The molecule has 0 saturated carbocycles. The van der Waals surface area contributed by atoms with Crippen LogP contribution in [0, 0.1) is 0 Å². The molecular weight excluding hydrogens is 188 g/mol. The molecule has 0 spiro atoms. The lowest BCUT2D eigenvalue weighted by atomic mass is 10.2. The number of hydrogen-bond acceptors (Lipinski definition) is 6. The van der Waals surface area contributed by atoms with Gasteiger partial charge in [0.2, 0.25) is 0 Å². The van der Waals surface area contributed by atoms with Gasteiger partial charge in [0.1, 0.15) is 13.2 Å². The zero-order chi connectivity index (χ0) is 8.81. The van der Waals surface area contributed by atoms with Crippen LogP contribution < -0.4 is 12.3 Å². The molecule has 14 heavy (non-hydrogen) atoms. The molecule has 6 nitrogen and oxygen atoms in total. The number of esters is 2. The largest absolute Gasteiger partial charge is 0.462 e. The van der Waals surface area contributed by atoms with Gasteiger partial charge in [0.25, 0.3) is 0 Å². The molecule has 0 aromatic carbocycles. The Morgan fingerprint density at radius 1 is 0.786 bits per heavy atom. The van der Waals surface area contributed by atoms with Crippen LogP contribution in [0.15, 0.2) is 0 Å². The second-order valence-electron chi connectivity index (χ2n) is 2.65. The number of carbonyl (C=O) groups excluding carboxylic acids is 2. The Bertz CT molecular complexity index is 148. The summed E-state index contributed by atoms with van der Waals surface area (Å²) in [6.45, 7) is 0.370. The van der Waals surface area contributed by atoms with Gasteiger partial charge in [0, 0.05) is 12.8 Å². The average Bonchev–Trinajstić information content (AvgIpc) is 2.06. The molecule has 0 radical (unpaired) electrons. The minimum absolute atomic E-state index is 0. The Morgan fingerprint density at radius 3 is 1.50 bits per heavy atom. The Morgan fingerprint density at radius 2 is 1.14 bits per heavy atom. The summed E-state index contributed by atoms with van der Waals surface area (Å²) in [6, 6.07) is 0. The highest BCUT2D eigenvalue weighted by atomic mass is 16.6. The Hall–Kier alpha value is -1.14. The quantitative estimate of drug-likeness (QED) is 0.569. The normalized spacial score (nSPS) is 18.0. The van der Waals surface area contributed by atoms with Gasteiger partial charge in [-0.05, 0) is 12.8 Å². The SMILES string of the molecule is N.N.O=C1CCCCC(=O)OCCO1. The second-order valence-corrected chi connectivity index (χ2v) is 2.65. The van der Waals surface area contributed by atoms with Crippen LogP contribution in [0.5, 0.6) is 0 Å². The van der Waals surface area contributed by atoms with E-state index in [4.69, 9.17) is 9.47 Å². The summed E-state index contributed by atoms with van der Waals surface area (Å²) in [4.78, 5) is 21.6. The van der Waals surface area contributed by atoms with E-state index < -0.39 is 0 Å². The third-order valence-electron chi connectivity index (χ3n) is 1.62. The fourth-order valence-corrected chi connectivity index (χ4v) is 0.994. The van der Waals surface area contributed by atoms with Crippen molar-refractivity contribution in [3.8, 4) is 0 Å². The topological polar surface area (TPSA) is 123 Å². The summed E-state index contributed by atoms with van der Waals surface area (Å²) in [5, 5.41) is 0. The molecular formula is C8H18N2O4. The number of hydrogen-bond donors (Lipinski definition) is 2.